The van der Waals surface area contributed by atoms with Crippen LogP contribution in [0.2, 0.25) is 0 Å². The van der Waals surface area contributed by atoms with E-state index in [2.05, 4.69) is 19.2 Å². The van der Waals surface area contributed by atoms with Crippen LogP contribution in [-0.2, 0) is 14.3 Å². The van der Waals surface area contributed by atoms with Crippen molar-refractivity contribution in [2.24, 2.45) is 5.41 Å². The Morgan fingerprint density at radius 2 is 2.00 bits per heavy atom. The normalized spacial score (nSPS) is 32.5. The number of carboxylic acid groups (broad SMARTS) is 1. The highest BCUT2D eigenvalue weighted by atomic mass is 16.6. The van der Waals surface area contributed by atoms with Crippen molar-refractivity contribution in [2.45, 2.75) is 38.5 Å². The summed E-state index contributed by atoms with van der Waals surface area (Å²) >= 11 is 0. The van der Waals surface area contributed by atoms with Crippen molar-refractivity contribution in [1.29, 1.82) is 0 Å². The molecule has 1 unspecified atom stereocenters. The molecule has 0 aromatic heterocycles. The van der Waals surface area contributed by atoms with Gasteiger partial charge in [-0.2, -0.15) is 0 Å². The number of rotatable bonds is 1. The highest BCUT2D eigenvalue weighted by Crippen LogP contribution is 2.44. The average molecular weight is 229 g/mol. The first-order valence-corrected chi connectivity index (χ1v) is 5.69. The fourth-order valence-corrected chi connectivity index (χ4v) is 2.57. The first-order chi connectivity index (χ1) is 7.47. The van der Waals surface area contributed by atoms with E-state index in [-0.39, 0.29) is 11.0 Å². The smallest absolute Gasteiger partial charge is 0.348 e. The van der Waals surface area contributed by atoms with Gasteiger partial charge < -0.3 is 14.6 Å². The molecule has 2 fully saturated rings. The zero-order valence-corrected chi connectivity index (χ0v) is 9.78. The van der Waals surface area contributed by atoms with Crippen molar-refractivity contribution in [2.75, 3.05) is 19.8 Å². The Morgan fingerprint density at radius 1 is 1.38 bits per heavy atom. The lowest BCUT2D eigenvalue weighted by atomic mass is 9.69. The number of aliphatic carboxylic acids is 1. The third kappa shape index (κ3) is 1.83. The molecule has 2 saturated heterocycles. The van der Waals surface area contributed by atoms with Crippen molar-refractivity contribution in [1.82, 2.24) is 5.32 Å². The second-order valence-corrected chi connectivity index (χ2v) is 5.21. The van der Waals surface area contributed by atoms with Gasteiger partial charge in [0.15, 0.2) is 0 Å². The molecule has 2 heterocycles. The molecule has 0 amide bonds. The lowest BCUT2D eigenvalue weighted by molar-refractivity contribution is -0.235. The maximum atomic E-state index is 11.0. The molecule has 0 aliphatic carbocycles. The summed E-state index contributed by atoms with van der Waals surface area (Å²) in [6, 6.07) is 0. The van der Waals surface area contributed by atoms with E-state index in [0.29, 0.717) is 19.8 Å². The van der Waals surface area contributed by atoms with Crippen LogP contribution < -0.4 is 5.32 Å². The van der Waals surface area contributed by atoms with Crippen LogP contribution in [0.3, 0.4) is 0 Å². The van der Waals surface area contributed by atoms with Gasteiger partial charge in [-0.3, -0.25) is 5.32 Å². The van der Waals surface area contributed by atoms with Crippen molar-refractivity contribution in [3.05, 3.63) is 0 Å². The van der Waals surface area contributed by atoms with Gasteiger partial charge in [-0.1, -0.05) is 13.8 Å². The molecule has 1 spiro atoms. The van der Waals surface area contributed by atoms with Gasteiger partial charge in [-0.05, 0) is 0 Å². The van der Waals surface area contributed by atoms with E-state index < -0.39 is 12.2 Å². The first kappa shape index (κ1) is 11.8. The van der Waals surface area contributed by atoms with E-state index in [4.69, 9.17) is 14.6 Å². The van der Waals surface area contributed by atoms with Gasteiger partial charge in [0.1, 0.15) is 0 Å². The molecule has 0 aromatic rings. The molecule has 0 bridgehead atoms. The maximum absolute atomic E-state index is 11.0. The molecule has 1 atom stereocenters. The summed E-state index contributed by atoms with van der Waals surface area (Å²) in [4.78, 5) is 11.0. The summed E-state index contributed by atoms with van der Waals surface area (Å²) in [5, 5.41) is 11.9. The summed E-state index contributed by atoms with van der Waals surface area (Å²) in [5.41, 5.74) is -0.428. The molecule has 92 valence electrons. The topological polar surface area (TPSA) is 67.8 Å². The number of hydrogen-bond acceptors (Lipinski definition) is 4. The Morgan fingerprint density at radius 3 is 2.56 bits per heavy atom. The van der Waals surface area contributed by atoms with Crippen LogP contribution in [0.4, 0.5) is 0 Å². The SMILES string of the molecule is CC1(C)CNC(C(=O)O)OC12CCOCC2. The lowest BCUT2D eigenvalue weighted by Gasteiger charge is -2.53. The summed E-state index contributed by atoms with van der Waals surface area (Å²) < 4.78 is 11.1. The van der Waals surface area contributed by atoms with E-state index >= 15 is 0 Å². The fourth-order valence-electron chi connectivity index (χ4n) is 2.57. The van der Waals surface area contributed by atoms with Gasteiger partial charge in [-0.25, -0.2) is 4.79 Å². The van der Waals surface area contributed by atoms with Crippen molar-refractivity contribution >= 4 is 5.97 Å². The largest absolute Gasteiger partial charge is 0.478 e. The molecule has 0 aromatic carbocycles. The molecule has 16 heavy (non-hydrogen) atoms. The molecule has 2 N–H and O–H groups in total. The Balaban J connectivity index is 2.19. The molecule has 0 radical (unpaired) electrons. The number of ether oxygens (including phenoxy) is 2. The molecule has 0 saturated carbocycles. The third-order valence-corrected chi connectivity index (χ3v) is 3.83. The zero-order chi connectivity index (χ0) is 11.8. The van der Waals surface area contributed by atoms with Crippen molar-refractivity contribution in [3.8, 4) is 0 Å². The van der Waals surface area contributed by atoms with Crippen molar-refractivity contribution in [3.63, 3.8) is 0 Å². The van der Waals surface area contributed by atoms with Gasteiger partial charge >= 0.3 is 5.97 Å². The van der Waals surface area contributed by atoms with E-state index in [9.17, 15) is 4.79 Å². The van der Waals surface area contributed by atoms with E-state index in [0.717, 1.165) is 12.8 Å². The number of nitrogens with one attached hydrogen (secondary N) is 1. The van der Waals surface area contributed by atoms with Crippen LogP contribution in [0.1, 0.15) is 26.7 Å². The van der Waals surface area contributed by atoms with Crippen LogP contribution in [0.15, 0.2) is 0 Å². The number of carboxylic acids is 1. The van der Waals surface area contributed by atoms with Gasteiger partial charge in [0.05, 0.1) is 5.60 Å². The second-order valence-electron chi connectivity index (χ2n) is 5.21. The summed E-state index contributed by atoms with van der Waals surface area (Å²) in [6.07, 6.45) is 0.655. The average Bonchev–Trinajstić information content (AvgIpc) is 2.23. The quantitative estimate of drug-likeness (QED) is 0.689. The summed E-state index contributed by atoms with van der Waals surface area (Å²) in [5.74, 6) is -0.943. The van der Waals surface area contributed by atoms with Gasteiger partial charge in [-0.15, -0.1) is 0 Å². The molecule has 2 aliphatic rings. The standard InChI is InChI=1S/C11H19NO4/c1-10(2)7-12-8(9(13)14)16-11(10)3-5-15-6-4-11/h8,12H,3-7H2,1-2H3,(H,13,14). The maximum Gasteiger partial charge on any atom is 0.348 e. The Kier molecular flexibility index (Phi) is 2.94. The minimum Gasteiger partial charge on any atom is -0.478 e. The molecule has 2 aliphatic heterocycles. The van der Waals surface area contributed by atoms with E-state index in [1.807, 2.05) is 0 Å². The molecule has 5 heteroatoms. The third-order valence-electron chi connectivity index (χ3n) is 3.83. The number of hydrogen-bond donors (Lipinski definition) is 2. The Hall–Kier alpha value is -0.650. The highest BCUT2D eigenvalue weighted by Gasteiger charge is 2.52. The van der Waals surface area contributed by atoms with Gasteiger partial charge in [0.25, 0.3) is 0 Å². The Labute approximate surface area is 95.1 Å². The number of carbonyl (C=O) groups is 1. The minimum absolute atomic E-state index is 0.0667. The molecule has 2 rings (SSSR count). The molecular formula is C11H19NO4. The highest BCUT2D eigenvalue weighted by molar-refractivity contribution is 5.72. The summed E-state index contributed by atoms with van der Waals surface area (Å²) in [6.45, 7) is 6.18. The lowest BCUT2D eigenvalue weighted by Crippen LogP contribution is -2.64. The van der Waals surface area contributed by atoms with Gasteiger partial charge in [0, 0.05) is 38.0 Å². The second kappa shape index (κ2) is 3.98. The van der Waals surface area contributed by atoms with Crippen LogP contribution in [0, 0.1) is 5.41 Å². The van der Waals surface area contributed by atoms with Crippen LogP contribution in [0.25, 0.3) is 0 Å². The minimum atomic E-state index is -0.943. The molecular weight excluding hydrogens is 210 g/mol. The van der Waals surface area contributed by atoms with Crippen LogP contribution in [0.5, 0.6) is 0 Å². The van der Waals surface area contributed by atoms with Crippen LogP contribution >= 0.6 is 0 Å². The monoisotopic (exact) mass is 229 g/mol. The van der Waals surface area contributed by atoms with Crippen LogP contribution in [-0.4, -0.2) is 42.7 Å². The van der Waals surface area contributed by atoms with E-state index in [1.165, 1.54) is 0 Å². The first-order valence-electron chi connectivity index (χ1n) is 5.69. The van der Waals surface area contributed by atoms with Gasteiger partial charge in [0.2, 0.25) is 6.23 Å². The molecule has 5 nitrogen and oxygen atoms in total. The predicted molar refractivity (Wildman–Crippen MR) is 57.1 cm³/mol. The fraction of sp³-hybridized carbons (Fsp3) is 0.909. The Bertz CT molecular complexity index is 284. The van der Waals surface area contributed by atoms with E-state index in [1.54, 1.807) is 0 Å². The predicted octanol–water partition coefficient (Wildman–Crippen LogP) is 0.592. The summed E-state index contributed by atoms with van der Waals surface area (Å²) in [7, 11) is 0. The van der Waals surface area contributed by atoms with Crippen molar-refractivity contribution < 1.29 is 19.4 Å². The zero-order valence-electron chi connectivity index (χ0n) is 9.78.